The monoisotopic (exact) mass is 305 g/mol. The third kappa shape index (κ3) is 2.51. The number of aromatic amines is 1. The zero-order chi connectivity index (χ0) is 14.8. The number of rotatable bonds is 4. The van der Waals surface area contributed by atoms with E-state index in [0.29, 0.717) is 6.61 Å². The smallest absolute Gasteiger partial charge is 0.127 e. The largest absolute Gasteiger partial charge is 0.487 e. The third-order valence-corrected chi connectivity index (χ3v) is 4.55. The Morgan fingerprint density at radius 3 is 2.82 bits per heavy atom. The number of fused-ring (bicyclic) bond motifs is 1. The maximum absolute atomic E-state index is 6.03. The quantitative estimate of drug-likeness (QED) is 0.531. The first-order chi connectivity index (χ1) is 10.9. The van der Waals surface area contributed by atoms with Crippen molar-refractivity contribution in [2.75, 3.05) is 0 Å². The number of aromatic nitrogens is 1. The predicted molar refractivity (Wildman–Crippen MR) is 92.4 cm³/mol. The van der Waals surface area contributed by atoms with E-state index in [1.165, 1.54) is 15.8 Å². The molecule has 108 valence electrons. The van der Waals surface area contributed by atoms with Crippen LogP contribution in [0, 0.1) is 0 Å². The van der Waals surface area contributed by atoms with Gasteiger partial charge in [0.2, 0.25) is 0 Å². The molecule has 22 heavy (non-hydrogen) atoms. The van der Waals surface area contributed by atoms with Gasteiger partial charge in [-0.15, -0.1) is 11.3 Å². The van der Waals surface area contributed by atoms with Crippen LogP contribution >= 0.6 is 11.3 Å². The molecule has 3 heteroatoms. The second-order valence-electron chi connectivity index (χ2n) is 5.14. The van der Waals surface area contributed by atoms with Crippen LogP contribution in [0.25, 0.3) is 22.0 Å². The van der Waals surface area contributed by atoms with E-state index >= 15 is 0 Å². The van der Waals surface area contributed by atoms with Crippen LogP contribution in [0.2, 0.25) is 0 Å². The minimum Gasteiger partial charge on any atom is -0.487 e. The number of para-hydroxylation sites is 1. The van der Waals surface area contributed by atoms with Gasteiger partial charge in [0, 0.05) is 22.2 Å². The van der Waals surface area contributed by atoms with Gasteiger partial charge in [-0.3, -0.25) is 0 Å². The highest BCUT2D eigenvalue weighted by atomic mass is 32.1. The van der Waals surface area contributed by atoms with Crippen molar-refractivity contribution in [1.82, 2.24) is 4.98 Å². The number of ether oxygens (including phenoxy) is 1. The Bertz CT molecular complexity index is 893. The van der Waals surface area contributed by atoms with Gasteiger partial charge in [0.1, 0.15) is 12.4 Å². The Kier molecular flexibility index (Phi) is 3.41. The lowest BCUT2D eigenvalue weighted by molar-refractivity contribution is 0.311. The molecule has 0 aliphatic heterocycles. The fourth-order valence-electron chi connectivity index (χ4n) is 2.60. The van der Waals surface area contributed by atoms with Gasteiger partial charge in [-0.25, -0.2) is 0 Å². The van der Waals surface area contributed by atoms with E-state index in [0.717, 1.165) is 16.8 Å². The Hall–Kier alpha value is -2.52. The van der Waals surface area contributed by atoms with Crippen LogP contribution in [0.5, 0.6) is 5.75 Å². The topological polar surface area (TPSA) is 25.0 Å². The molecular weight excluding hydrogens is 290 g/mol. The van der Waals surface area contributed by atoms with Crippen LogP contribution < -0.4 is 4.74 Å². The first-order valence-electron chi connectivity index (χ1n) is 7.22. The Labute approximate surface area is 133 Å². The maximum atomic E-state index is 6.03. The molecule has 0 radical (unpaired) electrons. The van der Waals surface area contributed by atoms with Crippen molar-refractivity contribution in [3.63, 3.8) is 0 Å². The van der Waals surface area contributed by atoms with Crippen molar-refractivity contribution in [3.8, 4) is 16.9 Å². The highest BCUT2D eigenvalue weighted by Crippen LogP contribution is 2.32. The van der Waals surface area contributed by atoms with Crippen LogP contribution in [0.4, 0.5) is 0 Å². The Morgan fingerprint density at radius 2 is 1.91 bits per heavy atom. The molecule has 0 saturated carbocycles. The summed E-state index contributed by atoms with van der Waals surface area (Å²) in [7, 11) is 0. The lowest BCUT2D eigenvalue weighted by Crippen LogP contribution is -1.94. The molecule has 0 unspecified atom stereocenters. The van der Waals surface area contributed by atoms with Crippen molar-refractivity contribution in [2.24, 2.45) is 0 Å². The van der Waals surface area contributed by atoms with Gasteiger partial charge >= 0.3 is 0 Å². The summed E-state index contributed by atoms with van der Waals surface area (Å²) in [6.45, 7) is 0.612. The number of benzene rings is 2. The van der Waals surface area contributed by atoms with Crippen molar-refractivity contribution >= 4 is 22.2 Å². The van der Waals surface area contributed by atoms with Gasteiger partial charge < -0.3 is 9.72 Å². The molecule has 4 rings (SSSR count). The molecule has 0 amide bonds. The standard InChI is InChI=1S/C19H15NOS/c1-2-6-19(21-13-16-4-3-11-22-16)17(5-1)14-7-8-18-15(12-14)9-10-20-18/h1-12,20H,13H2. The van der Waals surface area contributed by atoms with E-state index < -0.39 is 0 Å². The van der Waals surface area contributed by atoms with Gasteiger partial charge in [0.15, 0.2) is 0 Å². The second-order valence-corrected chi connectivity index (χ2v) is 6.18. The van der Waals surface area contributed by atoms with Crippen LogP contribution in [0.3, 0.4) is 0 Å². The molecule has 0 bridgehead atoms. The molecule has 0 fully saturated rings. The number of H-pyrrole nitrogens is 1. The zero-order valence-electron chi connectivity index (χ0n) is 12.0. The van der Waals surface area contributed by atoms with E-state index in [1.54, 1.807) is 11.3 Å². The van der Waals surface area contributed by atoms with Crippen LogP contribution in [-0.2, 0) is 6.61 Å². The third-order valence-electron chi connectivity index (χ3n) is 3.70. The van der Waals surface area contributed by atoms with Crippen molar-refractivity contribution in [3.05, 3.63) is 77.1 Å². The summed E-state index contributed by atoms with van der Waals surface area (Å²) >= 11 is 1.72. The average Bonchev–Trinajstić information content (AvgIpc) is 3.24. The van der Waals surface area contributed by atoms with E-state index in [-0.39, 0.29) is 0 Å². The molecule has 0 aliphatic carbocycles. The van der Waals surface area contributed by atoms with Gasteiger partial charge in [-0.05, 0) is 46.7 Å². The van der Waals surface area contributed by atoms with Gasteiger partial charge in [-0.2, -0.15) is 0 Å². The Balaban J connectivity index is 1.68. The summed E-state index contributed by atoms with van der Waals surface area (Å²) < 4.78 is 6.03. The molecule has 1 N–H and O–H groups in total. The first-order valence-corrected chi connectivity index (χ1v) is 8.10. The first kappa shape index (κ1) is 13.2. The van der Waals surface area contributed by atoms with E-state index in [2.05, 4.69) is 58.9 Å². The second kappa shape index (κ2) is 5.70. The molecular formula is C19H15NOS. The highest BCUT2D eigenvalue weighted by molar-refractivity contribution is 7.09. The van der Waals surface area contributed by atoms with E-state index in [4.69, 9.17) is 4.74 Å². The summed E-state index contributed by atoms with van der Waals surface area (Å²) in [5.41, 5.74) is 3.46. The van der Waals surface area contributed by atoms with Gasteiger partial charge in [0.05, 0.1) is 0 Å². The zero-order valence-corrected chi connectivity index (χ0v) is 12.8. The summed E-state index contributed by atoms with van der Waals surface area (Å²) in [5, 5.41) is 3.29. The summed E-state index contributed by atoms with van der Waals surface area (Å²) in [6, 6.07) is 20.9. The van der Waals surface area contributed by atoms with Crippen molar-refractivity contribution < 1.29 is 4.74 Å². The normalized spacial score (nSPS) is 10.9. The molecule has 2 aromatic heterocycles. The summed E-state index contributed by atoms with van der Waals surface area (Å²) in [4.78, 5) is 4.46. The molecule has 2 nitrogen and oxygen atoms in total. The van der Waals surface area contributed by atoms with E-state index in [9.17, 15) is 0 Å². The lowest BCUT2D eigenvalue weighted by Gasteiger charge is -2.11. The number of nitrogens with one attached hydrogen (secondary N) is 1. The minimum atomic E-state index is 0.612. The maximum Gasteiger partial charge on any atom is 0.127 e. The molecule has 0 saturated heterocycles. The molecule has 4 aromatic rings. The van der Waals surface area contributed by atoms with Gasteiger partial charge in [0.25, 0.3) is 0 Å². The molecule has 0 atom stereocenters. The van der Waals surface area contributed by atoms with Crippen LogP contribution in [0.1, 0.15) is 4.88 Å². The van der Waals surface area contributed by atoms with Crippen LogP contribution in [0.15, 0.2) is 72.2 Å². The molecule has 2 heterocycles. The van der Waals surface area contributed by atoms with E-state index in [1.807, 2.05) is 18.3 Å². The molecule has 0 spiro atoms. The average molecular weight is 305 g/mol. The Morgan fingerprint density at radius 1 is 0.955 bits per heavy atom. The highest BCUT2D eigenvalue weighted by Gasteiger charge is 2.07. The fourth-order valence-corrected chi connectivity index (χ4v) is 3.21. The summed E-state index contributed by atoms with van der Waals surface area (Å²) in [5.74, 6) is 0.922. The number of thiophene rings is 1. The predicted octanol–water partition coefficient (Wildman–Crippen LogP) is 5.48. The minimum absolute atomic E-state index is 0.612. The SMILES string of the molecule is c1csc(COc2ccccc2-c2ccc3[nH]ccc3c2)c1. The van der Waals surface area contributed by atoms with Crippen molar-refractivity contribution in [2.45, 2.75) is 6.61 Å². The van der Waals surface area contributed by atoms with Crippen LogP contribution in [-0.4, -0.2) is 4.98 Å². The molecule has 0 aliphatic rings. The lowest BCUT2D eigenvalue weighted by atomic mass is 10.0. The number of hydrogen-bond acceptors (Lipinski definition) is 2. The number of hydrogen-bond donors (Lipinski definition) is 1. The molecule has 2 aromatic carbocycles. The summed E-state index contributed by atoms with van der Waals surface area (Å²) in [6.07, 6.45) is 1.97. The van der Waals surface area contributed by atoms with Crippen molar-refractivity contribution in [1.29, 1.82) is 0 Å². The van der Waals surface area contributed by atoms with Gasteiger partial charge in [-0.1, -0.05) is 30.3 Å². The fraction of sp³-hybridized carbons (Fsp3) is 0.0526.